The summed E-state index contributed by atoms with van der Waals surface area (Å²) in [4.78, 5) is 0. The minimum absolute atomic E-state index is 0.124. The van der Waals surface area contributed by atoms with Crippen LogP contribution in [0.5, 0.6) is 0 Å². The van der Waals surface area contributed by atoms with E-state index in [0.29, 0.717) is 12.8 Å². The van der Waals surface area contributed by atoms with Gasteiger partial charge in [-0.15, -0.1) is 0 Å². The summed E-state index contributed by atoms with van der Waals surface area (Å²) >= 11 is -1.68. The third-order valence-electron chi connectivity index (χ3n) is 1.97. The van der Waals surface area contributed by atoms with E-state index in [1.165, 1.54) is 0 Å². The fraction of sp³-hybridized carbons (Fsp3) is 1.00. The van der Waals surface area contributed by atoms with Crippen molar-refractivity contribution >= 4 is 11.1 Å². The molecule has 10 heavy (non-hydrogen) atoms. The first-order valence-electron chi connectivity index (χ1n) is 3.43. The average molecular weight is 164 g/mol. The predicted molar refractivity (Wildman–Crippen MR) is 39.1 cm³/mol. The molecular formula is C6H12O3S. The summed E-state index contributed by atoms with van der Waals surface area (Å²) in [6, 6.07) is 0. The number of hydrogen-bond donors (Lipinski definition) is 2. The van der Waals surface area contributed by atoms with Crippen LogP contribution in [0.2, 0.25) is 0 Å². The predicted octanol–water partition coefficient (Wildman–Crippen LogP) is 0.513. The van der Waals surface area contributed by atoms with Crippen LogP contribution in [0.4, 0.5) is 0 Å². The van der Waals surface area contributed by atoms with Gasteiger partial charge in [-0.3, -0.25) is 0 Å². The zero-order chi connectivity index (χ0) is 7.61. The van der Waals surface area contributed by atoms with Crippen LogP contribution in [0.15, 0.2) is 0 Å². The van der Waals surface area contributed by atoms with Crippen LogP contribution in [0.1, 0.15) is 25.7 Å². The van der Waals surface area contributed by atoms with Gasteiger partial charge in [0, 0.05) is 6.61 Å². The van der Waals surface area contributed by atoms with Crippen molar-refractivity contribution < 1.29 is 13.9 Å². The lowest BCUT2D eigenvalue weighted by molar-refractivity contribution is 0.282. The maximum Gasteiger partial charge on any atom is 0.159 e. The van der Waals surface area contributed by atoms with Gasteiger partial charge in [0.05, 0.1) is 4.75 Å². The normalized spacial score (nSPS) is 24.2. The molecule has 0 aliphatic heterocycles. The van der Waals surface area contributed by atoms with Gasteiger partial charge in [-0.05, 0) is 25.7 Å². The Bertz CT molecular complexity index is 142. The van der Waals surface area contributed by atoms with E-state index in [1.807, 2.05) is 0 Å². The van der Waals surface area contributed by atoms with E-state index in [1.54, 1.807) is 0 Å². The fourth-order valence-electron chi connectivity index (χ4n) is 1.05. The smallest absolute Gasteiger partial charge is 0.159 e. The first-order valence-corrected chi connectivity index (χ1v) is 4.54. The highest BCUT2D eigenvalue weighted by Crippen LogP contribution is 2.44. The lowest BCUT2D eigenvalue weighted by Crippen LogP contribution is -2.15. The molecule has 0 heterocycles. The molecule has 0 aromatic rings. The van der Waals surface area contributed by atoms with Gasteiger partial charge in [0.1, 0.15) is 0 Å². The zero-order valence-corrected chi connectivity index (χ0v) is 6.56. The van der Waals surface area contributed by atoms with E-state index in [0.717, 1.165) is 12.8 Å². The standard InChI is InChI=1S/C6H12O3S/c7-5-1-2-6(3-4-6)10(8)9/h7H,1-5H2,(H,8,9). The van der Waals surface area contributed by atoms with Crippen molar-refractivity contribution in [2.45, 2.75) is 30.4 Å². The van der Waals surface area contributed by atoms with E-state index in [9.17, 15) is 4.21 Å². The monoisotopic (exact) mass is 164 g/mol. The summed E-state index contributed by atoms with van der Waals surface area (Å²) in [5.74, 6) is 0. The highest BCUT2D eigenvalue weighted by Gasteiger charge is 2.47. The molecule has 2 N–H and O–H groups in total. The van der Waals surface area contributed by atoms with Crippen LogP contribution in [-0.4, -0.2) is 25.2 Å². The number of aliphatic hydroxyl groups is 1. The van der Waals surface area contributed by atoms with Gasteiger partial charge >= 0.3 is 0 Å². The average Bonchev–Trinajstić information content (AvgIpc) is 2.64. The second kappa shape index (κ2) is 2.98. The SMILES string of the molecule is O=S(O)C1(CCCO)CC1. The van der Waals surface area contributed by atoms with Crippen molar-refractivity contribution in [1.82, 2.24) is 0 Å². The van der Waals surface area contributed by atoms with Crippen molar-refractivity contribution in [3.63, 3.8) is 0 Å². The molecule has 0 spiro atoms. The first kappa shape index (κ1) is 8.17. The number of rotatable bonds is 4. The van der Waals surface area contributed by atoms with Crippen molar-refractivity contribution in [2.24, 2.45) is 0 Å². The Morgan fingerprint density at radius 3 is 2.40 bits per heavy atom. The molecular weight excluding hydrogens is 152 g/mol. The van der Waals surface area contributed by atoms with Crippen molar-refractivity contribution in [1.29, 1.82) is 0 Å². The first-order chi connectivity index (χ1) is 4.71. The summed E-state index contributed by atoms with van der Waals surface area (Å²) in [6.45, 7) is 0.124. The largest absolute Gasteiger partial charge is 0.396 e. The Kier molecular flexibility index (Phi) is 2.44. The van der Waals surface area contributed by atoms with Gasteiger partial charge in [0.25, 0.3) is 0 Å². The number of hydrogen-bond acceptors (Lipinski definition) is 2. The molecule has 1 saturated carbocycles. The highest BCUT2D eigenvalue weighted by molar-refractivity contribution is 7.81. The molecule has 60 valence electrons. The lowest BCUT2D eigenvalue weighted by atomic mass is 10.2. The van der Waals surface area contributed by atoms with Crippen LogP contribution in [0.3, 0.4) is 0 Å². The van der Waals surface area contributed by atoms with E-state index < -0.39 is 11.1 Å². The Hall–Kier alpha value is 0.0700. The van der Waals surface area contributed by atoms with Crippen LogP contribution in [0.25, 0.3) is 0 Å². The third kappa shape index (κ3) is 1.56. The lowest BCUT2D eigenvalue weighted by Gasteiger charge is -2.07. The van der Waals surface area contributed by atoms with E-state index in [-0.39, 0.29) is 11.4 Å². The summed E-state index contributed by atoms with van der Waals surface area (Å²) in [6.07, 6.45) is 3.02. The molecule has 0 saturated heterocycles. The van der Waals surface area contributed by atoms with E-state index >= 15 is 0 Å². The van der Waals surface area contributed by atoms with Crippen LogP contribution in [-0.2, 0) is 11.1 Å². The highest BCUT2D eigenvalue weighted by atomic mass is 32.2. The molecule has 1 rings (SSSR count). The van der Waals surface area contributed by atoms with E-state index in [2.05, 4.69) is 0 Å². The summed E-state index contributed by atoms with van der Waals surface area (Å²) < 4.78 is 19.0. The molecule has 0 radical (unpaired) electrons. The molecule has 4 heteroatoms. The molecule has 1 fully saturated rings. The molecule has 1 unspecified atom stereocenters. The van der Waals surface area contributed by atoms with Gasteiger partial charge in [-0.2, -0.15) is 0 Å². The zero-order valence-electron chi connectivity index (χ0n) is 5.75. The molecule has 0 aromatic carbocycles. The fourth-order valence-corrected chi connectivity index (χ4v) is 1.82. The summed E-state index contributed by atoms with van der Waals surface area (Å²) in [5.41, 5.74) is 0. The number of aliphatic hydroxyl groups excluding tert-OH is 1. The summed E-state index contributed by atoms with van der Waals surface area (Å²) in [5, 5.41) is 8.46. The maximum atomic E-state index is 10.6. The molecule has 0 aromatic heterocycles. The Morgan fingerprint density at radius 1 is 1.50 bits per heavy atom. The van der Waals surface area contributed by atoms with Gasteiger partial charge < -0.3 is 9.66 Å². The third-order valence-corrected chi connectivity index (χ3v) is 3.32. The quantitative estimate of drug-likeness (QED) is 0.595. The molecule has 1 atom stereocenters. The second-order valence-electron chi connectivity index (χ2n) is 2.76. The van der Waals surface area contributed by atoms with Gasteiger partial charge in [0.2, 0.25) is 0 Å². The molecule has 1 aliphatic rings. The van der Waals surface area contributed by atoms with Crippen molar-refractivity contribution in [2.75, 3.05) is 6.61 Å². The van der Waals surface area contributed by atoms with Crippen LogP contribution in [0, 0.1) is 0 Å². The molecule has 3 nitrogen and oxygen atoms in total. The van der Waals surface area contributed by atoms with Crippen LogP contribution >= 0.6 is 0 Å². The minimum Gasteiger partial charge on any atom is -0.396 e. The Balaban J connectivity index is 2.31. The van der Waals surface area contributed by atoms with E-state index in [4.69, 9.17) is 9.66 Å². The minimum atomic E-state index is -1.68. The topological polar surface area (TPSA) is 57.5 Å². The Labute approximate surface area is 62.7 Å². The molecule has 1 aliphatic carbocycles. The van der Waals surface area contributed by atoms with Crippen LogP contribution < -0.4 is 0 Å². The molecule has 0 amide bonds. The Morgan fingerprint density at radius 2 is 2.10 bits per heavy atom. The second-order valence-corrected chi connectivity index (χ2v) is 4.12. The maximum absolute atomic E-state index is 10.6. The summed E-state index contributed by atoms with van der Waals surface area (Å²) in [7, 11) is 0. The van der Waals surface area contributed by atoms with Crippen molar-refractivity contribution in [3.8, 4) is 0 Å². The molecule has 0 bridgehead atoms. The van der Waals surface area contributed by atoms with Gasteiger partial charge in [0.15, 0.2) is 11.1 Å². The van der Waals surface area contributed by atoms with Gasteiger partial charge in [-0.1, -0.05) is 0 Å². The van der Waals surface area contributed by atoms with Gasteiger partial charge in [-0.25, -0.2) is 4.21 Å². The van der Waals surface area contributed by atoms with Crippen molar-refractivity contribution in [3.05, 3.63) is 0 Å².